The maximum absolute atomic E-state index is 14.1. The molecule has 4 aromatic rings. The molecule has 0 bridgehead atoms. The zero-order valence-corrected chi connectivity index (χ0v) is 18.2. The molecule has 0 unspecified atom stereocenters. The fraction of sp³-hybridized carbons (Fsp3) is 0.292. The molecule has 1 saturated heterocycles. The Labute approximate surface area is 193 Å². The van der Waals surface area contributed by atoms with Crippen molar-refractivity contribution < 1.29 is 13.6 Å². The van der Waals surface area contributed by atoms with E-state index < -0.39 is 5.56 Å². The number of halogens is 2. The van der Waals surface area contributed by atoms with Crippen molar-refractivity contribution in [3.63, 3.8) is 0 Å². The van der Waals surface area contributed by atoms with Crippen molar-refractivity contribution in [2.24, 2.45) is 0 Å². The number of nitrogens with one attached hydrogen (secondary N) is 1. The van der Waals surface area contributed by atoms with E-state index in [9.17, 15) is 18.4 Å². The Balaban J connectivity index is 1.30. The number of benzene rings is 2. The fourth-order valence-corrected chi connectivity index (χ4v) is 4.26. The van der Waals surface area contributed by atoms with Gasteiger partial charge in [-0.3, -0.25) is 9.59 Å². The van der Waals surface area contributed by atoms with Crippen LogP contribution in [0, 0.1) is 11.6 Å². The highest BCUT2D eigenvalue weighted by atomic mass is 19.1. The molecule has 0 saturated carbocycles. The number of fused-ring (bicyclic) bond motifs is 1. The number of aromatic nitrogens is 5. The van der Waals surface area contributed by atoms with Gasteiger partial charge in [-0.05, 0) is 36.6 Å². The van der Waals surface area contributed by atoms with Crippen LogP contribution in [-0.2, 0) is 17.8 Å². The second kappa shape index (κ2) is 9.12. The van der Waals surface area contributed by atoms with E-state index in [0.29, 0.717) is 43.0 Å². The second-order valence-corrected chi connectivity index (χ2v) is 8.42. The Kier molecular flexibility index (Phi) is 5.87. The minimum Gasteiger partial charge on any atom is -0.342 e. The Bertz CT molecular complexity index is 1390. The van der Waals surface area contributed by atoms with Crippen LogP contribution >= 0.6 is 0 Å². The number of nitrogens with zero attached hydrogens (tertiary/aromatic N) is 5. The number of aromatic amines is 1. The van der Waals surface area contributed by atoms with Crippen LogP contribution in [0.2, 0.25) is 0 Å². The quantitative estimate of drug-likeness (QED) is 0.490. The first-order valence-electron chi connectivity index (χ1n) is 11.1. The lowest BCUT2D eigenvalue weighted by Crippen LogP contribution is -2.39. The van der Waals surface area contributed by atoms with Crippen LogP contribution in [0.4, 0.5) is 8.78 Å². The van der Waals surface area contributed by atoms with Crippen LogP contribution in [0.25, 0.3) is 11.2 Å². The van der Waals surface area contributed by atoms with Gasteiger partial charge >= 0.3 is 0 Å². The van der Waals surface area contributed by atoms with Crippen molar-refractivity contribution >= 4 is 17.1 Å². The molecule has 2 aromatic carbocycles. The first-order valence-corrected chi connectivity index (χ1v) is 11.1. The van der Waals surface area contributed by atoms with Gasteiger partial charge in [0.25, 0.3) is 5.56 Å². The van der Waals surface area contributed by atoms with E-state index >= 15 is 0 Å². The number of hydrogen-bond donors (Lipinski definition) is 1. The molecule has 0 spiro atoms. The van der Waals surface area contributed by atoms with Gasteiger partial charge < -0.3 is 9.88 Å². The van der Waals surface area contributed by atoms with E-state index in [1.165, 1.54) is 22.9 Å². The van der Waals surface area contributed by atoms with Crippen molar-refractivity contribution in [2.75, 3.05) is 13.1 Å². The third-order valence-electron chi connectivity index (χ3n) is 6.17. The summed E-state index contributed by atoms with van der Waals surface area (Å²) in [6.07, 6.45) is 1.49. The topological polar surface area (TPSA) is 96.8 Å². The summed E-state index contributed by atoms with van der Waals surface area (Å²) in [5, 5.41) is 7.92. The van der Waals surface area contributed by atoms with Crippen molar-refractivity contribution in [2.45, 2.75) is 31.7 Å². The molecule has 1 aliphatic rings. The van der Waals surface area contributed by atoms with Gasteiger partial charge in [-0.1, -0.05) is 35.5 Å². The van der Waals surface area contributed by atoms with Gasteiger partial charge in [0, 0.05) is 24.6 Å². The molecule has 174 valence electrons. The van der Waals surface area contributed by atoms with E-state index in [-0.39, 0.29) is 41.9 Å². The molecule has 1 aliphatic heterocycles. The molecule has 10 heteroatoms. The second-order valence-electron chi connectivity index (χ2n) is 8.42. The predicted molar refractivity (Wildman–Crippen MR) is 120 cm³/mol. The fourth-order valence-electron chi connectivity index (χ4n) is 4.26. The van der Waals surface area contributed by atoms with Gasteiger partial charge in [-0.2, -0.15) is 0 Å². The lowest BCUT2D eigenvalue weighted by atomic mass is 9.95. The maximum Gasteiger partial charge on any atom is 0.281 e. The number of H-pyrrole nitrogens is 1. The van der Waals surface area contributed by atoms with E-state index in [1.807, 2.05) is 0 Å². The van der Waals surface area contributed by atoms with Gasteiger partial charge in [0.15, 0.2) is 11.2 Å². The molecule has 3 heterocycles. The largest absolute Gasteiger partial charge is 0.342 e. The number of carbonyl (C=O) groups excluding carboxylic acids is 1. The Morgan fingerprint density at radius 3 is 2.53 bits per heavy atom. The summed E-state index contributed by atoms with van der Waals surface area (Å²) in [6.45, 7) is 1.16. The minimum atomic E-state index is -0.394. The number of hydrogen-bond acceptors (Lipinski definition) is 5. The lowest BCUT2D eigenvalue weighted by molar-refractivity contribution is -0.131. The molecule has 1 N–H and O–H groups in total. The summed E-state index contributed by atoms with van der Waals surface area (Å²) in [5.41, 5.74) is 1.20. The van der Waals surface area contributed by atoms with Gasteiger partial charge in [-0.15, -0.1) is 5.10 Å². The predicted octanol–water partition coefficient (Wildman–Crippen LogP) is 2.79. The van der Waals surface area contributed by atoms with Gasteiger partial charge in [0.2, 0.25) is 5.91 Å². The molecule has 8 nitrogen and oxygen atoms in total. The normalized spacial score (nSPS) is 14.6. The molecule has 2 aromatic heterocycles. The van der Waals surface area contributed by atoms with E-state index in [4.69, 9.17) is 0 Å². The number of piperidine rings is 1. The highest BCUT2D eigenvalue weighted by Gasteiger charge is 2.26. The van der Waals surface area contributed by atoms with E-state index in [2.05, 4.69) is 20.3 Å². The lowest BCUT2D eigenvalue weighted by Gasteiger charge is -2.31. The van der Waals surface area contributed by atoms with Crippen molar-refractivity contribution in [1.82, 2.24) is 29.9 Å². The molecule has 1 fully saturated rings. The molecule has 0 radical (unpaired) electrons. The third-order valence-corrected chi connectivity index (χ3v) is 6.17. The standard InChI is InChI=1S/C24H22F2N6O2/c25-18-7-5-15(6-8-18)13-20(33)31-11-9-16(10-12-31)22-27-23-21(24(34)28-22)29-30-32(23)14-17-3-1-2-4-19(17)26/h1-8,16H,9-14H2,(H,27,28,34). The van der Waals surface area contributed by atoms with Crippen molar-refractivity contribution in [3.05, 3.63) is 87.5 Å². The average molecular weight is 464 g/mol. The summed E-state index contributed by atoms with van der Waals surface area (Å²) < 4.78 is 28.6. The van der Waals surface area contributed by atoms with Crippen LogP contribution in [0.1, 0.15) is 35.7 Å². The number of likely N-dealkylation sites (tertiary alicyclic amines) is 1. The maximum atomic E-state index is 14.1. The Morgan fingerprint density at radius 2 is 1.79 bits per heavy atom. The molecular weight excluding hydrogens is 442 g/mol. The smallest absolute Gasteiger partial charge is 0.281 e. The summed E-state index contributed by atoms with van der Waals surface area (Å²) in [5.74, 6) is -0.243. The van der Waals surface area contributed by atoms with Crippen LogP contribution in [0.3, 0.4) is 0 Å². The van der Waals surface area contributed by atoms with Crippen LogP contribution in [-0.4, -0.2) is 48.9 Å². The summed E-state index contributed by atoms with van der Waals surface area (Å²) >= 11 is 0. The molecule has 0 aliphatic carbocycles. The summed E-state index contributed by atoms with van der Waals surface area (Å²) in [6, 6.07) is 12.3. The van der Waals surface area contributed by atoms with E-state index in [1.54, 1.807) is 35.2 Å². The van der Waals surface area contributed by atoms with Crippen molar-refractivity contribution in [1.29, 1.82) is 0 Å². The monoisotopic (exact) mass is 464 g/mol. The summed E-state index contributed by atoms with van der Waals surface area (Å²) in [7, 11) is 0. The third kappa shape index (κ3) is 4.43. The highest BCUT2D eigenvalue weighted by Crippen LogP contribution is 2.26. The molecular formula is C24H22F2N6O2. The first-order chi connectivity index (χ1) is 16.5. The minimum absolute atomic E-state index is 0.0193. The van der Waals surface area contributed by atoms with Crippen LogP contribution in [0.5, 0.6) is 0 Å². The molecule has 0 atom stereocenters. The van der Waals surface area contributed by atoms with E-state index in [0.717, 1.165) is 5.56 Å². The van der Waals surface area contributed by atoms with Crippen molar-refractivity contribution in [3.8, 4) is 0 Å². The zero-order chi connectivity index (χ0) is 23.7. The Morgan fingerprint density at radius 1 is 1.06 bits per heavy atom. The average Bonchev–Trinajstić information content (AvgIpc) is 3.25. The molecule has 5 rings (SSSR count). The SMILES string of the molecule is O=C(Cc1ccc(F)cc1)N1CCC(c2nc3c(nnn3Cc3ccccc3F)c(=O)[nH]2)CC1. The number of carbonyl (C=O) groups is 1. The van der Waals surface area contributed by atoms with Crippen LogP contribution < -0.4 is 5.56 Å². The van der Waals surface area contributed by atoms with Gasteiger partial charge in [0.05, 0.1) is 13.0 Å². The van der Waals surface area contributed by atoms with Gasteiger partial charge in [-0.25, -0.2) is 18.4 Å². The summed E-state index contributed by atoms with van der Waals surface area (Å²) in [4.78, 5) is 34.4. The molecule has 34 heavy (non-hydrogen) atoms. The van der Waals surface area contributed by atoms with Gasteiger partial charge in [0.1, 0.15) is 17.5 Å². The zero-order valence-electron chi connectivity index (χ0n) is 18.2. The number of rotatable bonds is 5. The number of amides is 1. The Hall–Kier alpha value is -3.95. The first kappa shape index (κ1) is 21.9. The van der Waals surface area contributed by atoms with Crippen LogP contribution in [0.15, 0.2) is 53.3 Å². The highest BCUT2D eigenvalue weighted by molar-refractivity contribution is 5.78. The molecule has 1 amide bonds.